The first-order valence-electron chi connectivity index (χ1n) is 8.21. The van der Waals surface area contributed by atoms with Crippen LogP contribution in [0.4, 0.5) is 0 Å². The van der Waals surface area contributed by atoms with Crippen LogP contribution in [0.1, 0.15) is 21.7 Å². The van der Waals surface area contributed by atoms with Crippen molar-refractivity contribution in [2.24, 2.45) is 5.73 Å². The molecule has 3 rings (SSSR count). The van der Waals surface area contributed by atoms with Gasteiger partial charge in [0.05, 0.1) is 5.69 Å². The van der Waals surface area contributed by atoms with Crippen LogP contribution >= 0.6 is 0 Å². The van der Waals surface area contributed by atoms with Crippen molar-refractivity contribution >= 4 is 5.91 Å². The number of nitrogens with two attached hydrogens (primary N) is 1. The SMILES string of the molecule is NCc1ccccc1-c1cccc(C(=O)NCCc2ccccn2)n1. The molecule has 1 amide bonds. The number of hydrogen-bond acceptors (Lipinski definition) is 4. The second-order valence-electron chi connectivity index (χ2n) is 5.60. The zero-order valence-electron chi connectivity index (χ0n) is 13.9. The number of hydrogen-bond donors (Lipinski definition) is 2. The minimum atomic E-state index is -0.192. The van der Waals surface area contributed by atoms with Gasteiger partial charge in [0.2, 0.25) is 0 Å². The number of benzene rings is 1. The number of aromatic nitrogens is 2. The van der Waals surface area contributed by atoms with Crippen LogP contribution in [0, 0.1) is 0 Å². The van der Waals surface area contributed by atoms with Crippen LogP contribution in [-0.2, 0) is 13.0 Å². The molecule has 0 saturated carbocycles. The molecule has 0 aliphatic rings. The average molecular weight is 332 g/mol. The first-order valence-corrected chi connectivity index (χ1v) is 8.21. The van der Waals surface area contributed by atoms with Gasteiger partial charge < -0.3 is 11.1 Å². The van der Waals surface area contributed by atoms with E-state index in [1.54, 1.807) is 12.3 Å². The van der Waals surface area contributed by atoms with Gasteiger partial charge >= 0.3 is 0 Å². The Morgan fingerprint density at radius 1 is 1.00 bits per heavy atom. The summed E-state index contributed by atoms with van der Waals surface area (Å²) in [5.41, 5.74) is 9.84. The largest absolute Gasteiger partial charge is 0.350 e. The smallest absolute Gasteiger partial charge is 0.269 e. The minimum absolute atomic E-state index is 0.192. The van der Waals surface area contributed by atoms with E-state index in [-0.39, 0.29) is 5.91 Å². The van der Waals surface area contributed by atoms with E-state index in [2.05, 4.69) is 15.3 Å². The number of rotatable bonds is 6. The maximum absolute atomic E-state index is 12.4. The molecule has 0 aliphatic carbocycles. The Balaban J connectivity index is 1.69. The van der Waals surface area contributed by atoms with Gasteiger partial charge in [0, 0.05) is 37.0 Å². The molecule has 0 bridgehead atoms. The topological polar surface area (TPSA) is 80.9 Å². The summed E-state index contributed by atoms with van der Waals surface area (Å²) in [7, 11) is 0. The molecule has 2 heterocycles. The first-order chi connectivity index (χ1) is 12.3. The van der Waals surface area contributed by atoms with E-state index in [4.69, 9.17) is 5.73 Å². The van der Waals surface area contributed by atoms with Crippen LogP contribution in [0.2, 0.25) is 0 Å². The summed E-state index contributed by atoms with van der Waals surface area (Å²) >= 11 is 0. The Bertz CT molecular complexity index is 849. The number of nitrogens with zero attached hydrogens (tertiary/aromatic N) is 2. The Kier molecular flexibility index (Phi) is 5.49. The number of carbonyl (C=O) groups is 1. The lowest BCUT2D eigenvalue weighted by atomic mass is 10.0. The third-order valence-electron chi connectivity index (χ3n) is 3.89. The lowest BCUT2D eigenvalue weighted by Crippen LogP contribution is -2.26. The highest BCUT2D eigenvalue weighted by atomic mass is 16.1. The van der Waals surface area contributed by atoms with E-state index in [0.29, 0.717) is 25.2 Å². The standard InChI is InChI=1S/C20H20N4O/c21-14-15-6-1-2-8-17(15)18-9-5-10-19(24-18)20(25)23-13-11-16-7-3-4-12-22-16/h1-10,12H,11,13-14,21H2,(H,23,25). The Labute approximate surface area is 146 Å². The summed E-state index contributed by atoms with van der Waals surface area (Å²) in [4.78, 5) is 21.1. The van der Waals surface area contributed by atoms with Crippen molar-refractivity contribution in [1.82, 2.24) is 15.3 Å². The summed E-state index contributed by atoms with van der Waals surface area (Å²) in [6.45, 7) is 0.944. The summed E-state index contributed by atoms with van der Waals surface area (Å²) < 4.78 is 0. The molecule has 5 nitrogen and oxygen atoms in total. The first kappa shape index (κ1) is 16.8. The molecule has 0 radical (unpaired) electrons. The normalized spacial score (nSPS) is 10.4. The van der Waals surface area contributed by atoms with Crippen molar-refractivity contribution in [3.63, 3.8) is 0 Å². The highest BCUT2D eigenvalue weighted by Crippen LogP contribution is 2.21. The number of pyridine rings is 2. The van der Waals surface area contributed by atoms with E-state index in [1.807, 2.05) is 54.6 Å². The van der Waals surface area contributed by atoms with Gasteiger partial charge in [-0.25, -0.2) is 4.98 Å². The van der Waals surface area contributed by atoms with E-state index in [1.165, 1.54) is 0 Å². The van der Waals surface area contributed by atoms with Crippen LogP contribution < -0.4 is 11.1 Å². The maximum Gasteiger partial charge on any atom is 0.269 e. The van der Waals surface area contributed by atoms with Crippen LogP contribution in [-0.4, -0.2) is 22.4 Å². The van der Waals surface area contributed by atoms with Gasteiger partial charge in [0.1, 0.15) is 5.69 Å². The van der Waals surface area contributed by atoms with Gasteiger partial charge in [-0.1, -0.05) is 36.4 Å². The van der Waals surface area contributed by atoms with Gasteiger partial charge in [0.25, 0.3) is 5.91 Å². The molecule has 0 fully saturated rings. The van der Waals surface area contributed by atoms with Crippen molar-refractivity contribution < 1.29 is 4.79 Å². The third kappa shape index (κ3) is 4.28. The lowest BCUT2D eigenvalue weighted by Gasteiger charge is -2.09. The molecule has 126 valence electrons. The zero-order chi connectivity index (χ0) is 17.5. The molecule has 5 heteroatoms. The number of carbonyl (C=O) groups excluding carboxylic acids is 1. The molecular weight excluding hydrogens is 312 g/mol. The highest BCUT2D eigenvalue weighted by Gasteiger charge is 2.10. The van der Waals surface area contributed by atoms with Gasteiger partial charge in [-0.2, -0.15) is 0 Å². The average Bonchev–Trinajstić information content (AvgIpc) is 2.69. The molecule has 3 N–H and O–H groups in total. The van der Waals surface area contributed by atoms with Crippen LogP contribution in [0.25, 0.3) is 11.3 Å². The molecule has 3 aromatic rings. The molecule has 0 saturated heterocycles. The van der Waals surface area contributed by atoms with E-state index in [0.717, 1.165) is 22.5 Å². The van der Waals surface area contributed by atoms with Crippen LogP contribution in [0.15, 0.2) is 66.9 Å². The number of nitrogens with one attached hydrogen (secondary N) is 1. The second kappa shape index (κ2) is 8.17. The molecule has 1 aromatic carbocycles. The molecule has 0 atom stereocenters. The van der Waals surface area contributed by atoms with Crippen molar-refractivity contribution in [3.05, 3.63) is 83.8 Å². The van der Waals surface area contributed by atoms with Crippen molar-refractivity contribution in [1.29, 1.82) is 0 Å². The highest BCUT2D eigenvalue weighted by molar-refractivity contribution is 5.92. The van der Waals surface area contributed by atoms with Crippen molar-refractivity contribution in [2.75, 3.05) is 6.54 Å². The molecular formula is C20H20N4O. The van der Waals surface area contributed by atoms with E-state index >= 15 is 0 Å². The van der Waals surface area contributed by atoms with Gasteiger partial charge in [-0.15, -0.1) is 0 Å². The van der Waals surface area contributed by atoms with Crippen LogP contribution in [0.5, 0.6) is 0 Å². The zero-order valence-corrected chi connectivity index (χ0v) is 13.9. The van der Waals surface area contributed by atoms with Gasteiger partial charge in [-0.05, 0) is 29.8 Å². The molecule has 2 aromatic heterocycles. The number of amides is 1. The maximum atomic E-state index is 12.4. The summed E-state index contributed by atoms with van der Waals surface area (Å²) in [5, 5.41) is 2.89. The van der Waals surface area contributed by atoms with Crippen molar-refractivity contribution in [2.45, 2.75) is 13.0 Å². The molecule has 25 heavy (non-hydrogen) atoms. The van der Waals surface area contributed by atoms with Gasteiger partial charge in [-0.3, -0.25) is 9.78 Å². The van der Waals surface area contributed by atoms with Crippen molar-refractivity contribution in [3.8, 4) is 11.3 Å². The molecule has 0 unspecified atom stereocenters. The predicted molar refractivity (Wildman–Crippen MR) is 97.8 cm³/mol. The second-order valence-corrected chi connectivity index (χ2v) is 5.60. The quantitative estimate of drug-likeness (QED) is 0.727. The fourth-order valence-electron chi connectivity index (χ4n) is 2.60. The Morgan fingerprint density at radius 3 is 2.64 bits per heavy atom. The summed E-state index contributed by atoms with van der Waals surface area (Å²) in [5.74, 6) is -0.192. The minimum Gasteiger partial charge on any atom is -0.350 e. The van der Waals surface area contributed by atoms with E-state index in [9.17, 15) is 4.79 Å². The fraction of sp³-hybridized carbons (Fsp3) is 0.150. The fourth-order valence-corrected chi connectivity index (χ4v) is 2.60. The summed E-state index contributed by atoms with van der Waals surface area (Å²) in [6.07, 6.45) is 2.43. The Hall–Kier alpha value is -3.05. The van der Waals surface area contributed by atoms with E-state index < -0.39 is 0 Å². The summed E-state index contributed by atoms with van der Waals surface area (Å²) in [6, 6.07) is 19.0. The lowest BCUT2D eigenvalue weighted by molar-refractivity contribution is 0.0949. The van der Waals surface area contributed by atoms with Gasteiger partial charge in [0.15, 0.2) is 0 Å². The molecule has 0 spiro atoms. The third-order valence-corrected chi connectivity index (χ3v) is 3.89. The molecule has 0 aliphatic heterocycles. The van der Waals surface area contributed by atoms with Crippen LogP contribution in [0.3, 0.4) is 0 Å². The Morgan fingerprint density at radius 2 is 1.84 bits per heavy atom. The monoisotopic (exact) mass is 332 g/mol. The predicted octanol–water partition coefficient (Wildman–Crippen LogP) is 2.57.